The molecule has 7 heteroatoms. The smallest absolute Gasteiger partial charge is 0.410 e. The molecule has 1 fully saturated rings. The fraction of sp³-hybridized carbons (Fsp3) is 0.667. The Kier molecular flexibility index (Phi) is 6.18. The normalized spacial score (nSPS) is 18.1. The second kappa shape index (κ2) is 8.12. The molecular weight excluding hydrogens is 302 g/mol. The van der Waals surface area contributed by atoms with Crippen LogP contribution in [-0.2, 0) is 16.0 Å². The highest BCUT2D eigenvalue weighted by Gasteiger charge is 2.32. The first kappa shape index (κ1) is 16.7. The zero-order valence-electron chi connectivity index (χ0n) is 13.1. The van der Waals surface area contributed by atoms with Gasteiger partial charge >= 0.3 is 6.09 Å². The van der Waals surface area contributed by atoms with Crippen LogP contribution >= 0.6 is 11.3 Å². The summed E-state index contributed by atoms with van der Waals surface area (Å²) in [5.41, 5.74) is 2.92. The van der Waals surface area contributed by atoms with Crippen LogP contribution in [0.2, 0.25) is 0 Å². The van der Waals surface area contributed by atoms with E-state index < -0.39 is 12.1 Å². The second-order valence-corrected chi connectivity index (χ2v) is 6.37. The summed E-state index contributed by atoms with van der Waals surface area (Å²) in [5, 5.41) is 2.94. The van der Waals surface area contributed by atoms with Gasteiger partial charge in [0, 0.05) is 18.0 Å². The minimum absolute atomic E-state index is 0.0777. The number of likely N-dealkylation sites (tertiary alicyclic amines) is 1. The molecule has 6 nitrogen and oxygen atoms in total. The molecule has 22 heavy (non-hydrogen) atoms. The molecule has 0 saturated carbocycles. The van der Waals surface area contributed by atoms with E-state index in [0.29, 0.717) is 19.5 Å². The topological polar surface area (TPSA) is 71.5 Å². The average Bonchev–Trinajstić information content (AvgIpc) is 2.95. The minimum Gasteiger partial charge on any atom is -0.453 e. The average molecular weight is 325 g/mol. The van der Waals surface area contributed by atoms with Gasteiger partial charge in [-0.1, -0.05) is 0 Å². The SMILES string of the molecule is COC(=O)N1CCCC[C@@H]1C(=O)NCCCc1scnc1C. The van der Waals surface area contributed by atoms with E-state index in [9.17, 15) is 9.59 Å². The predicted octanol–water partition coefficient (Wildman–Crippen LogP) is 2.12. The summed E-state index contributed by atoms with van der Waals surface area (Å²) >= 11 is 1.65. The summed E-state index contributed by atoms with van der Waals surface area (Å²) in [6.07, 6.45) is 3.96. The van der Waals surface area contributed by atoms with Crippen molar-refractivity contribution in [2.75, 3.05) is 20.2 Å². The van der Waals surface area contributed by atoms with Crippen molar-refractivity contribution < 1.29 is 14.3 Å². The molecule has 1 atom stereocenters. The largest absolute Gasteiger partial charge is 0.453 e. The Bertz CT molecular complexity index is 518. The molecule has 1 aromatic rings. The van der Waals surface area contributed by atoms with E-state index in [-0.39, 0.29) is 5.91 Å². The van der Waals surface area contributed by atoms with E-state index in [0.717, 1.165) is 31.4 Å². The number of ether oxygens (including phenoxy) is 1. The second-order valence-electron chi connectivity index (χ2n) is 5.43. The van der Waals surface area contributed by atoms with Crippen LogP contribution in [0.1, 0.15) is 36.3 Å². The van der Waals surface area contributed by atoms with Crippen LogP contribution in [0.3, 0.4) is 0 Å². The van der Waals surface area contributed by atoms with Gasteiger partial charge in [-0.3, -0.25) is 9.69 Å². The quantitative estimate of drug-likeness (QED) is 0.842. The summed E-state index contributed by atoms with van der Waals surface area (Å²) in [6, 6.07) is -0.397. The zero-order valence-corrected chi connectivity index (χ0v) is 13.9. The molecule has 0 bridgehead atoms. The van der Waals surface area contributed by atoms with Crippen LogP contribution in [0.15, 0.2) is 5.51 Å². The van der Waals surface area contributed by atoms with Crippen LogP contribution in [0, 0.1) is 6.92 Å². The summed E-state index contributed by atoms with van der Waals surface area (Å²) in [4.78, 5) is 31.0. The molecule has 2 amide bonds. The number of nitrogens with one attached hydrogen (secondary N) is 1. The first-order chi connectivity index (χ1) is 10.6. The molecule has 0 spiro atoms. The molecule has 1 aliphatic rings. The van der Waals surface area contributed by atoms with Crippen LogP contribution in [0.5, 0.6) is 0 Å². The lowest BCUT2D eigenvalue weighted by Gasteiger charge is -2.33. The Labute approximate surface area is 134 Å². The molecule has 1 N–H and O–H groups in total. The maximum absolute atomic E-state index is 12.3. The Morgan fingerprint density at radius 2 is 2.32 bits per heavy atom. The van der Waals surface area contributed by atoms with Crippen molar-refractivity contribution in [1.29, 1.82) is 0 Å². The molecule has 122 valence electrons. The number of methoxy groups -OCH3 is 1. The number of piperidine rings is 1. The lowest BCUT2D eigenvalue weighted by molar-refractivity contribution is -0.126. The molecule has 0 aromatic carbocycles. The van der Waals surface area contributed by atoms with Crippen molar-refractivity contribution in [3.05, 3.63) is 16.1 Å². The molecule has 0 aliphatic carbocycles. The van der Waals surface area contributed by atoms with E-state index in [4.69, 9.17) is 4.74 Å². The van der Waals surface area contributed by atoms with Gasteiger partial charge in [0.25, 0.3) is 0 Å². The van der Waals surface area contributed by atoms with Crippen molar-refractivity contribution >= 4 is 23.3 Å². The number of nitrogens with zero attached hydrogens (tertiary/aromatic N) is 2. The van der Waals surface area contributed by atoms with E-state index in [1.54, 1.807) is 11.3 Å². The number of thiazole rings is 1. The molecule has 2 rings (SSSR count). The van der Waals surface area contributed by atoms with Crippen LogP contribution in [0.25, 0.3) is 0 Å². The summed E-state index contributed by atoms with van der Waals surface area (Å²) in [5.74, 6) is -0.0777. The molecule has 1 aromatic heterocycles. The highest BCUT2D eigenvalue weighted by atomic mass is 32.1. The van der Waals surface area contributed by atoms with Crippen molar-refractivity contribution in [3.8, 4) is 0 Å². The Hall–Kier alpha value is -1.63. The zero-order chi connectivity index (χ0) is 15.9. The van der Waals surface area contributed by atoms with Crippen LogP contribution in [-0.4, -0.2) is 48.1 Å². The third-order valence-electron chi connectivity index (χ3n) is 3.94. The van der Waals surface area contributed by atoms with Crippen molar-refractivity contribution in [1.82, 2.24) is 15.2 Å². The first-order valence-corrected chi connectivity index (χ1v) is 8.52. The highest BCUT2D eigenvalue weighted by molar-refractivity contribution is 7.09. The summed E-state index contributed by atoms with van der Waals surface area (Å²) < 4.78 is 4.76. The molecule has 2 heterocycles. The number of amides is 2. The minimum atomic E-state index is -0.417. The lowest BCUT2D eigenvalue weighted by Crippen LogP contribution is -2.52. The fourth-order valence-electron chi connectivity index (χ4n) is 2.68. The van der Waals surface area contributed by atoms with Gasteiger partial charge in [-0.2, -0.15) is 0 Å². The maximum atomic E-state index is 12.3. The van der Waals surface area contributed by atoms with E-state index in [1.165, 1.54) is 16.9 Å². The number of rotatable bonds is 5. The van der Waals surface area contributed by atoms with Gasteiger partial charge in [0.1, 0.15) is 6.04 Å². The van der Waals surface area contributed by atoms with Gasteiger partial charge in [-0.05, 0) is 39.0 Å². The van der Waals surface area contributed by atoms with Gasteiger partial charge < -0.3 is 10.1 Å². The number of aromatic nitrogens is 1. The number of hydrogen-bond acceptors (Lipinski definition) is 5. The number of aryl methyl sites for hydroxylation is 2. The number of carbonyl (C=O) groups excluding carboxylic acids is 2. The summed E-state index contributed by atoms with van der Waals surface area (Å²) in [6.45, 7) is 3.20. The molecule has 1 aliphatic heterocycles. The Morgan fingerprint density at radius 3 is 3.00 bits per heavy atom. The predicted molar refractivity (Wildman–Crippen MR) is 84.9 cm³/mol. The fourth-order valence-corrected chi connectivity index (χ4v) is 3.51. The van der Waals surface area contributed by atoms with Crippen LogP contribution < -0.4 is 5.32 Å². The van der Waals surface area contributed by atoms with Gasteiger partial charge in [0.2, 0.25) is 5.91 Å². The molecule has 1 saturated heterocycles. The van der Waals surface area contributed by atoms with Gasteiger partial charge in [0.15, 0.2) is 0 Å². The maximum Gasteiger partial charge on any atom is 0.410 e. The standard InChI is InChI=1S/C15H23N3O3S/c1-11-13(22-10-17-11)7-5-8-16-14(19)12-6-3-4-9-18(12)15(20)21-2/h10,12H,3-9H2,1-2H3,(H,16,19)/t12-/m1/s1. The lowest BCUT2D eigenvalue weighted by atomic mass is 10.0. The van der Waals surface area contributed by atoms with Crippen molar-refractivity contribution in [2.24, 2.45) is 0 Å². The van der Waals surface area contributed by atoms with Gasteiger partial charge in [-0.25, -0.2) is 9.78 Å². The first-order valence-electron chi connectivity index (χ1n) is 7.64. The van der Waals surface area contributed by atoms with Gasteiger partial charge in [0.05, 0.1) is 18.3 Å². The molecule has 0 unspecified atom stereocenters. The van der Waals surface area contributed by atoms with E-state index >= 15 is 0 Å². The number of carbonyl (C=O) groups is 2. The monoisotopic (exact) mass is 325 g/mol. The summed E-state index contributed by atoms with van der Waals surface area (Å²) in [7, 11) is 1.35. The Morgan fingerprint density at radius 1 is 1.50 bits per heavy atom. The van der Waals surface area contributed by atoms with Crippen molar-refractivity contribution in [2.45, 2.75) is 45.1 Å². The third kappa shape index (κ3) is 4.19. The van der Waals surface area contributed by atoms with E-state index in [2.05, 4.69) is 10.3 Å². The molecule has 0 radical (unpaired) electrons. The third-order valence-corrected chi connectivity index (χ3v) is 4.93. The van der Waals surface area contributed by atoms with Crippen molar-refractivity contribution in [3.63, 3.8) is 0 Å². The molecular formula is C15H23N3O3S. The Balaban J connectivity index is 1.78. The van der Waals surface area contributed by atoms with Gasteiger partial charge in [-0.15, -0.1) is 11.3 Å². The van der Waals surface area contributed by atoms with E-state index in [1.807, 2.05) is 12.4 Å². The highest BCUT2D eigenvalue weighted by Crippen LogP contribution is 2.18. The van der Waals surface area contributed by atoms with Crippen LogP contribution in [0.4, 0.5) is 4.79 Å². The number of hydrogen-bond donors (Lipinski definition) is 1.